The zero-order valence-corrected chi connectivity index (χ0v) is 14.3. The second kappa shape index (κ2) is 5.05. The molecule has 0 aromatic carbocycles. The largest absolute Gasteiger partial charge is 0.372 e. The average molecular weight is 436 g/mol. The second-order valence-electron chi connectivity index (χ2n) is 4.22. The van der Waals surface area contributed by atoms with Gasteiger partial charge < -0.3 is 5.32 Å². The summed E-state index contributed by atoms with van der Waals surface area (Å²) in [6, 6.07) is 4.10. The average Bonchev–Trinajstić information content (AvgIpc) is 3.12. The molecule has 2 aromatic rings. The molecule has 0 aliphatic heterocycles. The highest BCUT2D eigenvalue weighted by Crippen LogP contribution is 2.43. The molecule has 0 atom stereocenters. The Balaban J connectivity index is 2.12. The first-order chi connectivity index (χ1) is 8.69. The first-order valence-corrected chi connectivity index (χ1v) is 8.38. The monoisotopic (exact) mass is 435 g/mol. The molecule has 18 heavy (non-hydrogen) atoms. The third-order valence-corrected chi connectivity index (χ3v) is 5.55. The molecule has 3 rings (SSSR count). The summed E-state index contributed by atoms with van der Waals surface area (Å²) in [4.78, 5) is 10.5. The lowest BCUT2D eigenvalue weighted by molar-refractivity contribution is 0.981. The smallest absolute Gasteiger partial charge is 0.171 e. The fourth-order valence-corrected chi connectivity index (χ4v) is 4.07. The summed E-state index contributed by atoms with van der Waals surface area (Å²) in [6.45, 7) is 0. The summed E-state index contributed by atoms with van der Waals surface area (Å²) in [5, 5.41) is 3.17. The quantitative estimate of drug-likeness (QED) is 0.721. The fraction of sp³-hybridized carbons (Fsp3) is 0.333. The molecule has 1 N–H and O–H groups in total. The Morgan fingerprint density at radius 1 is 1.39 bits per heavy atom. The van der Waals surface area contributed by atoms with Crippen molar-refractivity contribution in [3.63, 3.8) is 0 Å². The summed E-state index contributed by atoms with van der Waals surface area (Å²) < 4.78 is 2.27. The summed E-state index contributed by atoms with van der Waals surface area (Å²) in [5.41, 5.74) is 1.20. The van der Waals surface area contributed by atoms with Gasteiger partial charge in [-0.3, -0.25) is 0 Å². The van der Waals surface area contributed by atoms with E-state index in [1.165, 1.54) is 18.5 Å². The predicted molar refractivity (Wildman–Crippen MR) is 87.3 cm³/mol. The second-order valence-corrected chi connectivity index (χ2v) is 7.76. The zero-order chi connectivity index (χ0) is 12.7. The number of thiophene rings is 1. The number of nitrogens with one attached hydrogen (secondary N) is 1. The molecule has 1 aliphatic carbocycles. The van der Waals surface area contributed by atoms with E-state index in [1.54, 1.807) is 11.3 Å². The van der Waals surface area contributed by atoms with Crippen molar-refractivity contribution in [3.8, 4) is 10.7 Å². The van der Waals surface area contributed by atoms with Gasteiger partial charge in [0.15, 0.2) is 5.82 Å². The van der Waals surface area contributed by atoms with Crippen LogP contribution < -0.4 is 5.32 Å². The molecule has 0 radical (unpaired) electrons. The molecule has 94 valence electrons. The highest BCUT2D eigenvalue weighted by atomic mass is 127. The highest BCUT2D eigenvalue weighted by molar-refractivity contribution is 14.1. The van der Waals surface area contributed by atoms with Gasteiger partial charge in [-0.05, 0) is 63.5 Å². The summed E-state index contributed by atoms with van der Waals surface area (Å²) >= 11 is 7.50. The van der Waals surface area contributed by atoms with Crippen LogP contribution in [0.15, 0.2) is 15.9 Å². The number of hydrogen-bond acceptors (Lipinski definition) is 4. The van der Waals surface area contributed by atoms with Crippen molar-refractivity contribution in [1.29, 1.82) is 0 Å². The standard InChI is InChI=1S/C12H11BrIN3S/c1-15-12-9(14)10(6-2-3-6)16-11(17-12)7-4-5-8(13)18-7/h4-6H,2-3H2,1H3,(H,15,16,17). The van der Waals surface area contributed by atoms with E-state index in [0.717, 1.165) is 23.9 Å². The third kappa shape index (κ3) is 2.42. The molecule has 0 unspecified atom stereocenters. The van der Waals surface area contributed by atoms with Gasteiger partial charge in [0, 0.05) is 13.0 Å². The van der Waals surface area contributed by atoms with Crippen molar-refractivity contribution in [3.05, 3.63) is 25.2 Å². The van der Waals surface area contributed by atoms with Crippen LogP contribution in [-0.4, -0.2) is 17.0 Å². The summed E-state index contributed by atoms with van der Waals surface area (Å²) in [5.74, 6) is 2.40. The van der Waals surface area contributed by atoms with Gasteiger partial charge in [-0.2, -0.15) is 0 Å². The van der Waals surface area contributed by atoms with E-state index in [4.69, 9.17) is 4.98 Å². The lowest BCUT2D eigenvalue weighted by Gasteiger charge is -2.09. The van der Waals surface area contributed by atoms with Gasteiger partial charge in [0.25, 0.3) is 0 Å². The van der Waals surface area contributed by atoms with Crippen molar-refractivity contribution >= 4 is 55.7 Å². The van der Waals surface area contributed by atoms with Crippen molar-refractivity contribution in [2.75, 3.05) is 12.4 Å². The molecule has 2 heterocycles. The van der Waals surface area contributed by atoms with Crippen molar-refractivity contribution < 1.29 is 0 Å². The van der Waals surface area contributed by atoms with Crippen LogP contribution >= 0.6 is 49.9 Å². The number of hydrogen-bond donors (Lipinski definition) is 1. The van der Waals surface area contributed by atoms with Crippen molar-refractivity contribution in [2.24, 2.45) is 0 Å². The zero-order valence-electron chi connectivity index (χ0n) is 9.70. The highest BCUT2D eigenvalue weighted by Gasteiger charge is 2.29. The van der Waals surface area contributed by atoms with Crippen LogP contribution in [0.2, 0.25) is 0 Å². The number of anilines is 1. The van der Waals surface area contributed by atoms with E-state index in [2.05, 4.69) is 54.9 Å². The lowest BCUT2D eigenvalue weighted by Crippen LogP contribution is -2.04. The molecule has 0 amide bonds. The molecule has 3 nitrogen and oxygen atoms in total. The van der Waals surface area contributed by atoms with Crippen molar-refractivity contribution in [2.45, 2.75) is 18.8 Å². The van der Waals surface area contributed by atoms with Gasteiger partial charge in [0.2, 0.25) is 0 Å². The first-order valence-electron chi connectivity index (χ1n) is 5.70. The molecular formula is C12H11BrIN3S. The topological polar surface area (TPSA) is 37.8 Å². The number of nitrogens with zero attached hydrogens (tertiary/aromatic N) is 2. The maximum absolute atomic E-state index is 4.76. The maximum Gasteiger partial charge on any atom is 0.171 e. The number of rotatable bonds is 3. The predicted octanol–water partition coefficient (Wildman–Crippen LogP) is 4.49. The minimum Gasteiger partial charge on any atom is -0.372 e. The van der Waals surface area contributed by atoms with Gasteiger partial charge >= 0.3 is 0 Å². The fourth-order valence-electron chi connectivity index (χ4n) is 1.80. The van der Waals surface area contributed by atoms with E-state index >= 15 is 0 Å². The van der Waals surface area contributed by atoms with Crippen LogP contribution in [-0.2, 0) is 0 Å². The summed E-state index contributed by atoms with van der Waals surface area (Å²) in [6.07, 6.45) is 2.51. The summed E-state index contributed by atoms with van der Waals surface area (Å²) in [7, 11) is 1.91. The van der Waals surface area contributed by atoms with Gasteiger partial charge in [0.1, 0.15) is 5.82 Å². The Kier molecular flexibility index (Phi) is 3.59. The Labute approximate surface area is 132 Å². The molecule has 0 spiro atoms. The normalized spacial score (nSPS) is 14.8. The molecule has 0 saturated heterocycles. The minimum absolute atomic E-state index is 0.633. The van der Waals surface area contributed by atoms with Crippen LogP contribution in [0, 0.1) is 3.57 Å². The van der Waals surface area contributed by atoms with Crippen LogP contribution in [0.4, 0.5) is 5.82 Å². The third-order valence-electron chi connectivity index (χ3n) is 2.87. The van der Waals surface area contributed by atoms with Crippen LogP contribution in [0.25, 0.3) is 10.7 Å². The van der Waals surface area contributed by atoms with E-state index in [1.807, 2.05) is 13.1 Å². The van der Waals surface area contributed by atoms with Crippen LogP contribution in [0.3, 0.4) is 0 Å². The molecule has 2 aromatic heterocycles. The van der Waals surface area contributed by atoms with Gasteiger partial charge in [-0.25, -0.2) is 9.97 Å². The number of halogens is 2. The molecule has 1 saturated carbocycles. The molecule has 1 aliphatic rings. The van der Waals surface area contributed by atoms with Gasteiger partial charge in [0.05, 0.1) is 17.9 Å². The van der Waals surface area contributed by atoms with Crippen molar-refractivity contribution in [1.82, 2.24) is 9.97 Å². The SMILES string of the molecule is CNc1nc(-c2ccc(Br)s2)nc(C2CC2)c1I. The van der Waals surface area contributed by atoms with Gasteiger partial charge in [-0.15, -0.1) is 11.3 Å². The minimum atomic E-state index is 0.633. The Bertz CT molecular complexity index is 595. The van der Waals surface area contributed by atoms with E-state index in [9.17, 15) is 0 Å². The van der Waals surface area contributed by atoms with Crippen LogP contribution in [0.1, 0.15) is 24.5 Å². The number of aromatic nitrogens is 2. The van der Waals surface area contributed by atoms with E-state index < -0.39 is 0 Å². The molecule has 0 bridgehead atoms. The van der Waals surface area contributed by atoms with Crippen LogP contribution in [0.5, 0.6) is 0 Å². The molecule has 6 heteroatoms. The molecule has 1 fully saturated rings. The lowest BCUT2D eigenvalue weighted by atomic mass is 10.2. The Morgan fingerprint density at radius 2 is 2.17 bits per heavy atom. The maximum atomic E-state index is 4.76. The molecular weight excluding hydrogens is 425 g/mol. The van der Waals surface area contributed by atoms with Gasteiger partial charge in [-0.1, -0.05) is 0 Å². The van der Waals surface area contributed by atoms with E-state index in [0.29, 0.717) is 5.92 Å². The Morgan fingerprint density at radius 3 is 2.72 bits per heavy atom. The Hall–Kier alpha value is -0.210. The first kappa shape index (κ1) is 12.8. The van der Waals surface area contributed by atoms with E-state index in [-0.39, 0.29) is 0 Å².